The third kappa shape index (κ3) is 3.11. The Balaban J connectivity index is 1.41. The van der Waals surface area contributed by atoms with E-state index in [0.717, 1.165) is 38.8 Å². The van der Waals surface area contributed by atoms with E-state index in [-0.39, 0.29) is 5.82 Å². The molecule has 0 N–H and O–H groups in total. The molecular weight excluding hydrogens is 257 g/mol. The van der Waals surface area contributed by atoms with E-state index >= 15 is 0 Å². The predicted molar refractivity (Wildman–Crippen MR) is 73.9 cm³/mol. The van der Waals surface area contributed by atoms with Gasteiger partial charge in [-0.1, -0.05) is 12.1 Å². The fourth-order valence-electron chi connectivity index (χ4n) is 2.75. The molecular formula is C16H20FNO2. The molecule has 3 nitrogen and oxygen atoms in total. The van der Waals surface area contributed by atoms with Crippen LogP contribution in [0.4, 0.5) is 4.39 Å². The van der Waals surface area contributed by atoms with Crippen molar-refractivity contribution in [1.82, 2.24) is 4.90 Å². The summed E-state index contributed by atoms with van der Waals surface area (Å²) in [7, 11) is 0. The van der Waals surface area contributed by atoms with Crippen molar-refractivity contribution in [1.29, 1.82) is 0 Å². The number of nitrogens with zero attached hydrogens (tertiary/aromatic N) is 1. The van der Waals surface area contributed by atoms with E-state index in [1.54, 1.807) is 18.2 Å². The number of ether oxygens (including phenoxy) is 1. The van der Waals surface area contributed by atoms with Crippen LogP contribution in [0.25, 0.3) is 0 Å². The van der Waals surface area contributed by atoms with Crippen LogP contribution in [0, 0.1) is 17.7 Å². The standard InChI is InChI=1S/C16H20FNO2/c17-14-3-1-2-4-15(14)20-10-8-12-7-9-18(11-12)16(19)13-5-6-13/h1-4,12-13H,5-11H2. The van der Waals surface area contributed by atoms with E-state index in [2.05, 4.69) is 0 Å². The zero-order valence-corrected chi connectivity index (χ0v) is 11.6. The summed E-state index contributed by atoms with van der Waals surface area (Å²) in [4.78, 5) is 13.9. The van der Waals surface area contributed by atoms with Crippen molar-refractivity contribution in [2.24, 2.45) is 11.8 Å². The van der Waals surface area contributed by atoms with Crippen LogP contribution < -0.4 is 4.74 Å². The average molecular weight is 277 g/mol. The number of para-hydroxylation sites is 1. The summed E-state index contributed by atoms with van der Waals surface area (Å²) in [5, 5.41) is 0. The van der Waals surface area contributed by atoms with Gasteiger partial charge in [0.25, 0.3) is 0 Å². The Morgan fingerprint density at radius 1 is 1.30 bits per heavy atom. The highest BCUT2D eigenvalue weighted by atomic mass is 19.1. The lowest BCUT2D eigenvalue weighted by atomic mass is 10.1. The second-order valence-corrected chi connectivity index (χ2v) is 5.78. The summed E-state index contributed by atoms with van der Waals surface area (Å²) in [5.41, 5.74) is 0. The maximum Gasteiger partial charge on any atom is 0.225 e. The van der Waals surface area contributed by atoms with Crippen LogP contribution in [0.5, 0.6) is 5.75 Å². The second-order valence-electron chi connectivity index (χ2n) is 5.78. The maximum atomic E-state index is 13.4. The van der Waals surface area contributed by atoms with Crippen LogP contribution in [-0.2, 0) is 4.79 Å². The molecule has 1 saturated carbocycles. The molecule has 1 aliphatic heterocycles. The summed E-state index contributed by atoms with van der Waals surface area (Å²) in [6.45, 7) is 2.23. The normalized spacial score (nSPS) is 22.1. The van der Waals surface area contributed by atoms with Gasteiger partial charge in [-0.3, -0.25) is 4.79 Å². The van der Waals surface area contributed by atoms with E-state index in [4.69, 9.17) is 4.74 Å². The van der Waals surface area contributed by atoms with Crippen LogP contribution in [-0.4, -0.2) is 30.5 Å². The van der Waals surface area contributed by atoms with Crippen LogP contribution in [0.3, 0.4) is 0 Å². The maximum absolute atomic E-state index is 13.4. The Kier molecular flexibility index (Phi) is 3.90. The molecule has 3 rings (SSSR count). The van der Waals surface area contributed by atoms with Crippen molar-refractivity contribution in [3.8, 4) is 5.75 Å². The number of hydrogen-bond donors (Lipinski definition) is 0. The SMILES string of the molecule is O=C(C1CC1)N1CCC(CCOc2ccccc2F)C1. The van der Waals surface area contributed by atoms with Crippen molar-refractivity contribution in [2.75, 3.05) is 19.7 Å². The quantitative estimate of drug-likeness (QED) is 0.828. The monoisotopic (exact) mass is 277 g/mol. The molecule has 1 aromatic carbocycles. The minimum atomic E-state index is -0.315. The summed E-state index contributed by atoms with van der Waals surface area (Å²) in [6, 6.07) is 6.47. The van der Waals surface area contributed by atoms with E-state index < -0.39 is 0 Å². The molecule has 2 fully saturated rings. The first-order chi connectivity index (χ1) is 9.74. The molecule has 1 atom stereocenters. The lowest BCUT2D eigenvalue weighted by molar-refractivity contribution is -0.131. The van der Waals surface area contributed by atoms with Crippen molar-refractivity contribution in [3.05, 3.63) is 30.1 Å². The first-order valence-electron chi connectivity index (χ1n) is 7.40. The molecule has 1 aliphatic carbocycles. The lowest BCUT2D eigenvalue weighted by Crippen LogP contribution is -2.30. The molecule has 0 spiro atoms. The number of halogens is 1. The molecule has 0 bridgehead atoms. The van der Waals surface area contributed by atoms with Crippen molar-refractivity contribution in [3.63, 3.8) is 0 Å². The zero-order chi connectivity index (χ0) is 13.9. The van der Waals surface area contributed by atoms with Gasteiger partial charge in [-0.2, -0.15) is 0 Å². The van der Waals surface area contributed by atoms with Gasteiger partial charge < -0.3 is 9.64 Å². The molecule has 1 amide bonds. The Morgan fingerprint density at radius 2 is 2.10 bits per heavy atom. The molecule has 108 valence electrons. The van der Waals surface area contributed by atoms with Gasteiger partial charge in [-0.05, 0) is 43.7 Å². The molecule has 0 aromatic heterocycles. The fraction of sp³-hybridized carbons (Fsp3) is 0.562. The van der Waals surface area contributed by atoms with Crippen LogP contribution in [0.15, 0.2) is 24.3 Å². The molecule has 2 aliphatic rings. The second kappa shape index (κ2) is 5.81. The Hall–Kier alpha value is -1.58. The topological polar surface area (TPSA) is 29.5 Å². The molecule has 1 unspecified atom stereocenters. The number of carbonyl (C=O) groups is 1. The van der Waals surface area contributed by atoms with E-state index in [9.17, 15) is 9.18 Å². The van der Waals surface area contributed by atoms with Crippen LogP contribution >= 0.6 is 0 Å². The van der Waals surface area contributed by atoms with Gasteiger partial charge in [0, 0.05) is 19.0 Å². The van der Waals surface area contributed by atoms with Gasteiger partial charge in [-0.15, -0.1) is 0 Å². The Labute approximate surface area is 118 Å². The third-order valence-corrected chi connectivity index (χ3v) is 4.14. The minimum Gasteiger partial charge on any atom is -0.491 e. The van der Waals surface area contributed by atoms with Crippen molar-refractivity contribution in [2.45, 2.75) is 25.7 Å². The first kappa shape index (κ1) is 13.4. The number of amides is 1. The fourth-order valence-corrected chi connectivity index (χ4v) is 2.75. The summed E-state index contributed by atoms with van der Waals surface area (Å²) >= 11 is 0. The number of carbonyl (C=O) groups excluding carboxylic acids is 1. The predicted octanol–water partition coefficient (Wildman–Crippen LogP) is 2.85. The van der Waals surface area contributed by atoms with E-state index in [0.29, 0.717) is 30.1 Å². The number of benzene rings is 1. The molecule has 1 saturated heterocycles. The summed E-state index contributed by atoms with van der Waals surface area (Å²) < 4.78 is 18.9. The number of likely N-dealkylation sites (tertiary alicyclic amines) is 1. The van der Waals surface area contributed by atoms with E-state index in [1.807, 2.05) is 4.90 Å². The number of hydrogen-bond acceptors (Lipinski definition) is 2. The Morgan fingerprint density at radius 3 is 2.85 bits per heavy atom. The van der Waals surface area contributed by atoms with Gasteiger partial charge in [0.15, 0.2) is 11.6 Å². The van der Waals surface area contributed by atoms with Gasteiger partial charge in [0.1, 0.15) is 0 Å². The highest BCUT2D eigenvalue weighted by Gasteiger charge is 2.36. The average Bonchev–Trinajstić information content (AvgIpc) is 3.20. The highest BCUT2D eigenvalue weighted by molar-refractivity contribution is 5.81. The smallest absolute Gasteiger partial charge is 0.225 e. The van der Waals surface area contributed by atoms with Crippen LogP contribution in [0.1, 0.15) is 25.7 Å². The summed E-state index contributed by atoms with van der Waals surface area (Å²) in [6.07, 6.45) is 4.05. The lowest BCUT2D eigenvalue weighted by Gasteiger charge is -2.16. The van der Waals surface area contributed by atoms with Gasteiger partial charge in [0.05, 0.1) is 6.61 Å². The largest absolute Gasteiger partial charge is 0.491 e. The third-order valence-electron chi connectivity index (χ3n) is 4.14. The van der Waals surface area contributed by atoms with E-state index in [1.165, 1.54) is 6.07 Å². The van der Waals surface area contributed by atoms with Gasteiger partial charge in [0.2, 0.25) is 5.91 Å². The van der Waals surface area contributed by atoms with Crippen LogP contribution in [0.2, 0.25) is 0 Å². The highest BCUT2D eigenvalue weighted by Crippen LogP contribution is 2.33. The molecule has 0 radical (unpaired) electrons. The molecule has 1 heterocycles. The number of rotatable bonds is 5. The van der Waals surface area contributed by atoms with Crippen molar-refractivity contribution < 1.29 is 13.9 Å². The molecule has 1 aromatic rings. The Bertz CT molecular complexity index is 487. The molecule has 20 heavy (non-hydrogen) atoms. The first-order valence-corrected chi connectivity index (χ1v) is 7.40. The minimum absolute atomic E-state index is 0.309. The summed E-state index contributed by atoms with van der Waals surface area (Å²) in [5.74, 6) is 1.14. The van der Waals surface area contributed by atoms with Gasteiger partial charge >= 0.3 is 0 Å². The van der Waals surface area contributed by atoms with Gasteiger partial charge in [-0.25, -0.2) is 4.39 Å². The van der Waals surface area contributed by atoms with Crippen molar-refractivity contribution >= 4 is 5.91 Å². The zero-order valence-electron chi connectivity index (χ0n) is 11.6. The molecule has 4 heteroatoms.